The van der Waals surface area contributed by atoms with E-state index in [1.165, 1.54) is 11.0 Å². The number of carbonyl (C=O) groups excluding carboxylic acids is 2. The summed E-state index contributed by atoms with van der Waals surface area (Å²) in [6, 6.07) is 16.2. The van der Waals surface area contributed by atoms with Gasteiger partial charge < -0.3 is 5.32 Å². The van der Waals surface area contributed by atoms with Gasteiger partial charge in [-0.15, -0.1) is 0 Å². The lowest BCUT2D eigenvalue weighted by Crippen LogP contribution is -2.45. The van der Waals surface area contributed by atoms with Crippen molar-refractivity contribution in [3.05, 3.63) is 59.7 Å². The van der Waals surface area contributed by atoms with Crippen LogP contribution in [0.5, 0.6) is 0 Å². The van der Waals surface area contributed by atoms with Gasteiger partial charge in [0.1, 0.15) is 6.04 Å². The molecule has 0 aliphatic rings. The van der Waals surface area contributed by atoms with Crippen LogP contribution >= 0.6 is 0 Å². The van der Waals surface area contributed by atoms with Gasteiger partial charge in [-0.25, -0.2) is 5.48 Å². The lowest BCUT2D eigenvalue weighted by Gasteiger charge is -2.15. The van der Waals surface area contributed by atoms with Gasteiger partial charge in [0.05, 0.1) is 6.07 Å². The van der Waals surface area contributed by atoms with Gasteiger partial charge in [0.2, 0.25) is 0 Å². The third-order valence-electron chi connectivity index (χ3n) is 4.12. The van der Waals surface area contributed by atoms with E-state index in [1.54, 1.807) is 12.1 Å². The number of hydrogen-bond acceptors (Lipinski definition) is 4. The molecule has 1 atom stereocenters. The molecule has 0 bridgehead atoms. The molecule has 134 valence electrons. The Morgan fingerprint density at radius 2 is 1.65 bits per heavy atom. The molecule has 0 spiro atoms. The Labute approximate surface area is 152 Å². The van der Waals surface area contributed by atoms with Crippen molar-refractivity contribution in [2.24, 2.45) is 0 Å². The highest BCUT2D eigenvalue weighted by atomic mass is 16.5. The molecule has 6 nitrogen and oxygen atoms in total. The molecule has 0 aliphatic carbocycles. The molecular formula is C20H21N3O3. The van der Waals surface area contributed by atoms with Gasteiger partial charge in [-0.05, 0) is 41.7 Å². The number of rotatable bonds is 7. The zero-order valence-electron chi connectivity index (χ0n) is 14.5. The minimum Gasteiger partial charge on any atom is -0.340 e. The molecule has 2 aromatic carbocycles. The Morgan fingerprint density at radius 3 is 2.15 bits per heavy atom. The summed E-state index contributed by atoms with van der Waals surface area (Å²) >= 11 is 0. The fourth-order valence-electron chi connectivity index (χ4n) is 2.54. The van der Waals surface area contributed by atoms with E-state index in [-0.39, 0.29) is 12.8 Å². The Kier molecular flexibility index (Phi) is 6.89. The number of carbonyl (C=O) groups is 2. The van der Waals surface area contributed by atoms with Crippen LogP contribution in [0, 0.1) is 11.3 Å². The van der Waals surface area contributed by atoms with Crippen LogP contribution in [0.15, 0.2) is 48.5 Å². The number of benzene rings is 2. The number of aryl methyl sites for hydroxylation is 1. The first-order chi connectivity index (χ1) is 12.6. The quantitative estimate of drug-likeness (QED) is 0.527. The van der Waals surface area contributed by atoms with E-state index in [9.17, 15) is 9.59 Å². The highest BCUT2D eigenvalue weighted by Crippen LogP contribution is 2.20. The maximum absolute atomic E-state index is 12.3. The minimum atomic E-state index is -0.964. The second-order valence-electron chi connectivity index (χ2n) is 5.83. The second kappa shape index (κ2) is 9.35. The lowest BCUT2D eigenvalue weighted by atomic mass is 10.0. The Balaban J connectivity index is 2.09. The number of amides is 2. The molecule has 0 aliphatic heterocycles. The van der Waals surface area contributed by atoms with Crippen LogP contribution < -0.4 is 10.8 Å². The smallest absolute Gasteiger partial charge is 0.265 e. The Bertz CT molecular complexity index is 793. The van der Waals surface area contributed by atoms with E-state index in [0.29, 0.717) is 5.56 Å². The lowest BCUT2D eigenvalue weighted by molar-refractivity contribution is -0.131. The zero-order chi connectivity index (χ0) is 18.9. The van der Waals surface area contributed by atoms with Crippen LogP contribution in [0.1, 0.15) is 35.7 Å². The maximum Gasteiger partial charge on any atom is 0.265 e. The Morgan fingerprint density at radius 1 is 1.08 bits per heavy atom. The SMILES string of the molecule is CCc1ccc(-c2ccc(C(=O)N[C@@H](CCC#N)C(=O)NO)cc2)cc1. The van der Waals surface area contributed by atoms with E-state index >= 15 is 0 Å². The largest absolute Gasteiger partial charge is 0.340 e. The van der Waals surface area contributed by atoms with Crippen LogP contribution in [-0.2, 0) is 11.2 Å². The summed E-state index contributed by atoms with van der Waals surface area (Å²) in [5.41, 5.74) is 5.20. The number of nitrogens with one attached hydrogen (secondary N) is 2. The van der Waals surface area contributed by atoms with E-state index in [1.807, 2.05) is 30.3 Å². The van der Waals surface area contributed by atoms with Crippen LogP contribution in [0.25, 0.3) is 11.1 Å². The molecule has 0 saturated heterocycles. The van der Waals surface area contributed by atoms with Crippen LogP contribution in [0.2, 0.25) is 0 Å². The van der Waals surface area contributed by atoms with Crippen molar-refractivity contribution < 1.29 is 14.8 Å². The third kappa shape index (κ3) is 4.91. The maximum atomic E-state index is 12.3. The van der Waals surface area contributed by atoms with Crippen molar-refractivity contribution in [2.45, 2.75) is 32.2 Å². The topological polar surface area (TPSA) is 102 Å². The van der Waals surface area contributed by atoms with Crippen molar-refractivity contribution in [2.75, 3.05) is 0 Å². The molecule has 2 rings (SSSR count). The first-order valence-corrected chi connectivity index (χ1v) is 8.40. The standard InChI is InChI=1S/C20H21N3O3/c1-2-14-5-7-15(8-6-14)16-9-11-17(12-10-16)19(24)22-18(4-3-13-21)20(25)23-26/h5-12,18,26H,2-4H2,1H3,(H,22,24)(H,23,25)/t18-/m0/s1. The van der Waals surface area contributed by atoms with Crippen molar-refractivity contribution >= 4 is 11.8 Å². The molecule has 2 aromatic rings. The second-order valence-corrected chi connectivity index (χ2v) is 5.83. The Hall–Kier alpha value is -3.17. The van der Waals surface area contributed by atoms with Gasteiger partial charge in [0, 0.05) is 12.0 Å². The fourth-order valence-corrected chi connectivity index (χ4v) is 2.54. The summed E-state index contributed by atoms with van der Waals surface area (Å²) < 4.78 is 0. The van der Waals surface area contributed by atoms with E-state index < -0.39 is 17.9 Å². The highest BCUT2D eigenvalue weighted by Gasteiger charge is 2.20. The summed E-state index contributed by atoms with van der Waals surface area (Å²) in [5, 5.41) is 19.9. The number of nitrogens with zero attached hydrogens (tertiary/aromatic N) is 1. The van der Waals surface area contributed by atoms with E-state index in [4.69, 9.17) is 10.5 Å². The minimum absolute atomic E-state index is 0.0884. The fraction of sp³-hybridized carbons (Fsp3) is 0.250. The van der Waals surface area contributed by atoms with Crippen molar-refractivity contribution in [3.63, 3.8) is 0 Å². The number of hydrogen-bond donors (Lipinski definition) is 3. The summed E-state index contributed by atoms with van der Waals surface area (Å²) in [6.07, 6.45) is 1.19. The average molecular weight is 351 g/mol. The van der Waals surface area contributed by atoms with Gasteiger partial charge >= 0.3 is 0 Å². The zero-order valence-corrected chi connectivity index (χ0v) is 14.5. The predicted molar refractivity (Wildman–Crippen MR) is 97.3 cm³/mol. The molecule has 0 fully saturated rings. The van der Waals surface area contributed by atoms with Crippen molar-refractivity contribution in [1.29, 1.82) is 5.26 Å². The molecule has 26 heavy (non-hydrogen) atoms. The average Bonchev–Trinajstić information content (AvgIpc) is 2.70. The molecular weight excluding hydrogens is 330 g/mol. The van der Waals surface area contributed by atoms with Gasteiger partial charge in [-0.3, -0.25) is 14.8 Å². The molecule has 0 unspecified atom stereocenters. The third-order valence-corrected chi connectivity index (χ3v) is 4.12. The molecule has 6 heteroatoms. The number of hydroxylamine groups is 1. The highest BCUT2D eigenvalue weighted by molar-refractivity contribution is 5.97. The van der Waals surface area contributed by atoms with Crippen molar-refractivity contribution in [1.82, 2.24) is 10.8 Å². The molecule has 0 saturated carbocycles. The summed E-state index contributed by atoms with van der Waals surface area (Å²) in [5.74, 6) is -1.19. The van der Waals surface area contributed by atoms with E-state index in [0.717, 1.165) is 17.5 Å². The summed E-state index contributed by atoms with van der Waals surface area (Å²) in [6.45, 7) is 2.10. The molecule has 0 aromatic heterocycles. The van der Waals surface area contributed by atoms with E-state index in [2.05, 4.69) is 24.4 Å². The first kappa shape index (κ1) is 19.2. The van der Waals surface area contributed by atoms with Gasteiger partial charge in [-0.1, -0.05) is 43.3 Å². The monoisotopic (exact) mass is 351 g/mol. The molecule has 0 heterocycles. The van der Waals surface area contributed by atoms with Crippen LogP contribution in [0.4, 0.5) is 0 Å². The van der Waals surface area contributed by atoms with Gasteiger partial charge in [0.15, 0.2) is 0 Å². The molecule has 0 radical (unpaired) electrons. The first-order valence-electron chi connectivity index (χ1n) is 8.40. The van der Waals surface area contributed by atoms with Crippen LogP contribution in [0.3, 0.4) is 0 Å². The molecule has 2 amide bonds. The molecule has 3 N–H and O–H groups in total. The predicted octanol–water partition coefficient (Wildman–Crippen LogP) is 2.82. The normalized spacial score (nSPS) is 11.3. The van der Waals surface area contributed by atoms with Gasteiger partial charge in [0.25, 0.3) is 11.8 Å². The van der Waals surface area contributed by atoms with Crippen LogP contribution in [-0.4, -0.2) is 23.1 Å². The number of nitriles is 1. The van der Waals surface area contributed by atoms with Gasteiger partial charge in [-0.2, -0.15) is 5.26 Å². The summed E-state index contributed by atoms with van der Waals surface area (Å²) in [4.78, 5) is 23.9. The summed E-state index contributed by atoms with van der Waals surface area (Å²) in [7, 11) is 0. The van der Waals surface area contributed by atoms with Crippen molar-refractivity contribution in [3.8, 4) is 17.2 Å².